The minimum absolute atomic E-state index is 0.103. The van der Waals surface area contributed by atoms with E-state index >= 15 is 0 Å². The Morgan fingerprint density at radius 1 is 1.56 bits per heavy atom. The zero-order valence-electron chi connectivity index (χ0n) is 10.2. The van der Waals surface area contributed by atoms with Crippen LogP contribution in [0.1, 0.15) is 12.8 Å². The fourth-order valence-corrected chi connectivity index (χ4v) is 2.08. The summed E-state index contributed by atoms with van der Waals surface area (Å²) in [7, 11) is 1.65. The molecule has 0 aliphatic heterocycles. The Bertz CT molecular complexity index is 447. The van der Waals surface area contributed by atoms with Crippen LogP contribution >= 0.6 is 11.8 Å². The SMILES string of the molecule is COCCCCn1ccc(=O)nc1SCC(=O)O. The lowest BCUT2D eigenvalue weighted by Crippen LogP contribution is -2.14. The van der Waals surface area contributed by atoms with Crippen LogP contribution < -0.4 is 5.56 Å². The summed E-state index contributed by atoms with van der Waals surface area (Å²) in [5, 5.41) is 9.08. The van der Waals surface area contributed by atoms with Crippen LogP contribution in [0.3, 0.4) is 0 Å². The van der Waals surface area contributed by atoms with Gasteiger partial charge in [0.25, 0.3) is 5.56 Å². The molecule has 0 bridgehead atoms. The fourth-order valence-electron chi connectivity index (χ4n) is 1.35. The van der Waals surface area contributed by atoms with Crippen LogP contribution in [0.15, 0.2) is 22.2 Å². The third kappa shape index (κ3) is 5.33. The molecule has 0 unspecified atom stereocenters. The van der Waals surface area contributed by atoms with Crippen molar-refractivity contribution in [2.45, 2.75) is 24.5 Å². The number of carbonyl (C=O) groups is 1. The molecule has 0 spiro atoms. The van der Waals surface area contributed by atoms with Gasteiger partial charge in [-0.15, -0.1) is 0 Å². The molecule has 7 heteroatoms. The van der Waals surface area contributed by atoms with Gasteiger partial charge in [-0.25, -0.2) is 0 Å². The number of thioether (sulfide) groups is 1. The Kier molecular flexibility index (Phi) is 6.45. The maximum Gasteiger partial charge on any atom is 0.313 e. The van der Waals surface area contributed by atoms with Gasteiger partial charge in [0.1, 0.15) is 0 Å². The zero-order chi connectivity index (χ0) is 13.4. The van der Waals surface area contributed by atoms with Crippen LogP contribution in [0.25, 0.3) is 0 Å². The van der Waals surface area contributed by atoms with E-state index in [1.54, 1.807) is 17.9 Å². The van der Waals surface area contributed by atoms with Crippen molar-refractivity contribution < 1.29 is 14.6 Å². The summed E-state index contributed by atoms with van der Waals surface area (Å²) in [6.45, 7) is 1.38. The van der Waals surface area contributed by atoms with E-state index in [1.807, 2.05) is 0 Å². The predicted molar refractivity (Wildman–Crippen MR) is 68.0 cm³/mol. The standard InChI is InChI=1S/C11H16N2O4S/c1-17-7-3-2-5-13-6-4-9(14)12-11(13)18-8-10(15)16/h4,6H,2-3,5,7-8H2,1H3,(H,15,16). The van der Waals surface area contributed by atoms with Crippen LogP contribution in [-0.4, -0.2) is 40.1 Å². The van der Waals surface area contributed by atoms with E-state index in [-0.39, 0.29) is 11.3 Å². The number of methoxy groups -OCH3 is 1. The van der Waals surface area contributed by atoms with Crippen LogP contribution in [0.4, 0.5) is 0 Å². The maximum absolute atomic E-state index is 11.2. The van der Waals surface area contributed by atoms with E-state index < -0.39 is 5.97 Å². The summed E-state index contributed by atoms with van der Waals surface area (Å²) < 4.78 is 6.75. The van der Waals surface area contributed by atoms with Crippen molar-refractivity contribution in [2.75, 3.05) is 19.5 Å². The minimum Gasteiger partial charge on any atom is -0.481 e. The van der Waals surface area contributed by atoms with Crippen LogP contribution in [0.2, 0.25) is 0 Å². The molecular formula is C11H16N2O4S. The van der Waals surface area contributed by atoms with Crippen molar-refractivity contribution >= 4 is 17.7 Å². The highest BCUT2D eigenvalue weighted by Crippen LogP contribution is 2.14. The molecule has 100 valence electrons. The largest absolute Gasteiger partial charge is 0.481 e. The van der Waals surface area contributed by atoms with Crippen LogP contribution in [0.5, 0.6) is 0 Å². The van der Waals surface area contributed by atoms with E-state index in [0.29, 0.717) is 18.3 Å². The first-order valence-electron chi connectivity index (χ1n) is 5.54. The van der Waals surface area contributed by atoms with E-state index in [2.05, 4.69) is 4.98 Å². The molecule has 1 aromatic heterocycles. The topological polar surface area (TPSA) is 81.4 Å². The van der Waals surface area contributed by atoms with Gasteiger partial charge in [-0.05, 0) is 12.8 Å². The van der Waals surface area contributed by atoms with Crippen molar-refractivity contribution in [3.8, 4) is 0 Å². The van der Waals surface area contributed by atoms with Gasteiger partial charge in [-0.2, -0.15) is 4.98 Å². The lowest BCUT2D eigenvalue weighted by Gasteiger charge is -2.10. The molecule has 0 radical (unpaired) electrons. The molecule has 1 heterocycles. The summed E-state index contributed by atoms with van der Waals surface area (Å²) in [6.07, 6.45) is 3.44. The normalized spacial score (nSPS) is 10.5. The predicted octanol–water partition coefficient (Wildman–Crippen LogP) is 0.847. The number of carboxylic acid groups (broad SMARTS) is 1. The van der Waals surface area contributed by atoms with Crippen molar-refractivity contribution in [3.63, 3.8) is 0 Å². The van der Waals surface area contributed by atoms with Gasteiger partial charge < -0.3 is 14.4 Å². The summed E-state index contributed by atoms with van der Waals surface area (Å²) in [4.78, 5) is 25.5. The van der Waals surface area contributed by atoms with E-state index in [9.17, 15) is 9.59 Å². The summed E-state index contributed by atoms with van der Waals surface area (Å²) in [5.41, 5.74) is -0.351. The summed E-state index contributed by atoms with van der Waals surface area (Å²) >= 11 is 1.05. The number of aryl methyl sites for hydroxylation is 1. The molecule has 1 aromatic rings. The second-order valence-electron chi connectivity index (χ2n) is 3.62. The summed E-state index contributed by atoms with van der Waals surface area (Å²) in [5.74, 6) is -1.03. The number of carboxylic acids is 1. The van der Waals surface area contributed by atoms with Crippen LogP contribution in [0, 0.1) is 0 Å². The molecule has 1 rings (SSSR count). The number of ether oxygens (including phenoxy) is 1. The molecular weight excluding hydrogens is 256 g/mol. The van der Waals surface area contributed by atoms with Crippen molar-refractivity contribution in [1.82, 2.24) is 9.55 Å². The van der Waals surface area contributed by atoms with Crippen LogP contribution in [-0.2, 0) is 16.1 Å². The molecule has 0 amide bonds. The minimum atomic E-state index is -0.927. The highest BCUT2D eigenvalue weighted by atomic mass is 32.2. The quantitative estimate of drug-likeness (QED) is 0.429. The molecule has 0 saturated carbocycles. The Hall–Kier alpha value is -1.34. The second-order valence-corrected chi connectivity index (χ2v) is 4.57. The first-order chi connectivity index (χ1) is 8.63. The molecule has 0 atom stereocenters. The Morgan fingerprint density at radius 2 is 2.33 bits per heavy atom. The van der Waals surface area contributed by atoms with Gasteiger partial charge in [-0.3, -0.25) is 9.59 Å². The number of unbranched alkanes of at least 4 members (excludes halogenated alkanes) is 1. The zero-order valence-corrected chi connectivity index (χ0v) is 11.0. The molecule has 18 heavy (non-hydrogen) atoms. The number of aliphatic carboxylic acids is 1. The number of hydrogen-bond donors (Lipinski definition) is 1. The first-order valence-corrected chi connectivity index (χ1v) is 6.53. The lowest BCUT2D eigenvalue weighted by atomic mass is 10.3. The number of hydrogen-bond acceptors (Lipinski definition) is 5. The Balaban J connectivity index is 2.64. The number of nitrogens with zero attached hydrogens (tertiary/aromatic N) is 2. The van der Waals surface area contributed by atoms with Gasteiger partial charge in [0.15, 0.2) is 5.16 Å². The molecule has 6 nitrogen and oxygen atoms in total. The smallest absolute Gasteiger partial charge is 0.313 e. The number of aromatic nitrogens is 2. The third-order valence-electron chi connectivity index (χ3n) is 2.17. The maximum atomic E-state index is 11.2. The third-order valence-corrected chi connectivity index (χ3v) is 3.15. The Morgan fingerprint density at radius 3 is 3.00 bits per heavy atom. The highest BCUT2D eigenvalue weighted by Gasteiger charge is 2.06. The second kappa shape index (κ2) is 7.88. The average Bonchev–Trinajstić information content (AvgIpc) is 2.34. The Labute approximate surface area is 109 Å². The van der Waals surface area contributed by atoms with Gasteiger partial charge >= 0.3 is 5.97 Å². The van der Waals surface area contributed by atoms with Gasteiger partial charge in [0, 0.05) is 32.5 Å². The molecule has 1 N–H and O–H groups in total. The molecule has 0 saturated heterocycles. The summed E-state index contributed by atoms with van der Waals surface area (Å²) in [6, 6.07) is 1.38. The van der Waals surface area contributed by atoms with Crippen molar-refractivity contribution in [2.24, 2.45) is 0 Å². The first kappa shape index (κ1) is 14.7. The van der Waals surface area contributed by atoms with E-state index in [1.165, 1.54) is 6.07 Å². The monoisotopic (exact) mass is 272 g/mol. The molecule has 0 fully saturated rings. The van der Waals surface area contributed by atoms with Gasteiger partial charge in [-0.1, -0.05) is 11.8 Å². The molecule has 0 aliphatic carbocycles. The molecule has 0 aliphatic rings. The van der Waals surface area contributed by atoms with Crippen molar-refractivity contribution in [1.29, 1.82) is 0 Å². The van der Waals surface area contributed by atoms with Crippen molar-refractivity contribution in [3.05, 3.63) is 22.6 Å². The fraction of sp³-hybridized carbons (Fsp3) is 0.545. The van der Waals surface area contributed by atoms with Gasteiger partial charge in [0.2, 0.25) is 0 Å². The average molecular weight is 272 g/mol. The van der Waals surface area contributed by atoms with E-state index in [4.69, 9.17) is 9.84 Å². The highest BCUT2D eigenvalue weighted by molar-refractivity contribution is 7.99. The van der Waals surface area contributed by atoms with Gasteiger partial charge in [0.05, 0.1) is 5.75 Å². The number of rotatable bonds is 8. The molecule has 0 aromatic carbocycles. The van der Waals surface area contributed by atoms with E-state index in [0.717, 1.165) is 24.6 Å². The lowest BCUT2D eigenvalue weighted by molar-refractivity contribution is -0.133.